The van der Waals surface area contributed by atoms with Crippen molar-refractivity contribution in [2.45, 2.75) is 26.8 Å². The normalized spacial score (nSPS) is 10.7. The summed E-state index contributed by atoms with van der Waals surface area (Å²) < 4.78 is 4.93. The Hall–Kier alpha value is -1.68. The van der Waals surface area contributed by atoms with Crippen LogP contribution in [0.25, 0.3) is 0 Å². The highest BCUT2D eigenvalue weighted by atomic mass is 16.5. The van der Waals surface area contributed by atoms with E-state index in [1.807, 2.05) is 0 Å². The van der Waals surface area contributed by atoms with Gasteiger partial charge >= 0.3 is 0 Å². The number of aryl methyl sites for hydroxylation is 1. The van der Waals surface area contributed by atoms with Gasteiger partial charge in [-0.2, -0.15) is 4.98 Å². The molecular formula is C13H17N3O. The molecule has 0 unspecified atom stereocenters. The maximum absolute atomic E-state index is 4.93. The van der Waals surface area contributed by atoms with E-state index in [-0.39, 0.29) is 0 Å². The second-order valence-electron chi connectivity index (χ2n) is 4.12. The average Bonchev–Trinajstić information content (AvgIpc) is 2.83. The summed E-state index contributed by atoms with van der Waals surface area (Å²) in [6.45, 7) is 6.01. The fourth-order valence-electron chi connectivity index (χ4n) is 1.73. The lowest BCUT2D eigenvalue weighted by Crippen LogP contribution is -2.17. The Labute approximate surface area is 101 Å². The highest BCUT2D eigenvalue weighted by Crippen LogP contribution is 2.12. The molecule has 0 fully saturated rings. The van der Waals surface area contributed by atoms with Crippen molar-refractivity contribution in [1.82, 2.24) is 15.5 Å². The lowest BCUT2D eigenvalue weighted by Gasteiger charge is -2.09. The Morgan fingerprint density at radius 3 is 2.94 bits per heavy atom. The van der Waals surface area contributed by atoms with Gasteiger partial charge in [-0.05, 0) is 30.5 Å². The minimum absolute atomic E-state index is 0.679. The van der Waals surface area contributed by atoms with Crippen LogP contribution in [0, 0.1) is 13.8 Å². The molecule has 2 rings (SSSR count). The Kier molecular flexibility index (Phi) is 3.88. The van der Waals surface area contributed by atoms with Gasteiger partial charge in [0.25, 0.3) is 0 Å². The molecule has 0 radical (unpaired) electrons. The summed E-state index contributed by atoms with van der Waals surface area (Å²) in [5.41, 5.74) is 4.04. The van der Waals surface area contributed by atoms with Crippen LogP contribution in [-0.2, 0) is 13.0 Å². The van der Waals surface area contributed by atoms with Gasteiger partial charge in [0.05, 0.1) is 0 Å². The molecule has 4 nitrogen and oxygen atoms in total. The van der Waals surface area contributed by atoms with Crippen molar-refractivity contribution in [3.05, 3.63) is 47.1 Å². The molecule has 4 heteroatoms. The van der Waals surface area contributed by atoms with Crippen LogP contribution in [0.1, 0.15) is 22.6 Å². The number of aromatic nitrogens is 2. The van der Waals surface area contributed by atoms with Crippen molar-refractivity contribution in [3.8, 4) is 0 Å². The highest BCUT2D eigenvalue weighted by Gasteiger charge is 2.01. The first-order valence-electron chi connectivity index (χ1n) is 5.78. The van der Waals surface area contributed by atoms with E-state index in [9.17, 15) is 0 Å². The minimum Gasteiger partial charge on any atom is -0.340 e. The molecule has 2 aromatic rings. The molecule has 1 heterocycles. The Bertz CT molecular complexity index is 466. The van der Waals surface area contributed by atoms with Gasteiger partial charge in [0.2, 0.25) is 5.89 Å². The average molecular weight is 231 g/mol. The summed E-state index contributed by atoms with van der Waals surface area (Å²) in [7, 11) is 0. The molecule has 0 amide bonds. The molecular weight excluding hydrogens is 214 g/mol. The molecule has 0 aliphatic carbocycles. The third-order valence-corrected chi connectivity index (χ3v) is 2.95. The van der Waals surface area contributed by atoms with Crippen LogP contribution in [0.2, 0.25) is 0 Å². The molecule has 1 aromatic carbocycles. The monoisotopic (exact) mass is 231 g/mol. The van der Waals surface area contributed by atoms with Crippen molar-refractivity contribution >= 4 is 0 Å². The molecule has 0 saturated heterocycles. The lowest BCUT2D eigenvalue weighted by molar-refractivity contribution is 0.375. The van der Waals surface area contributed by atoms with Crippen LogP contribution in [0.3, 0.4) is 0 Å². The zero-order valence-electron chi connectivity index (χ0n) is 10.2. The number of benzene rings is 1. The second-order valence-corrected chi connectivity index (χ2v) is 4.12. The van der Waals surface area contributed by atoms with Crippen LogP contribution < -0.4 is 5.32 Å². The molecule has 1 aromatic heterocycles. The fraction of sp³-hybridized carbons (Fsp3) is 0.385. The molecule has 0 bridgehead atoms. The summed E-state index contributed by atoms with van der Waals surface area (Å²) in [6.07, 6.45) is 2.20. The van der Waals surface area contributed by atoms with Crippen LogP contribution in [0.15, 0.2) is 29.0 Å². The first-order valence-corrected chi connectivity index (χ1v) is 5.78. The molecule has 1 N–H and O–H groups in total. The zero-order valence-corrected chi connectivity index (χ0v) is 10.2. The summed E-state index contributed by atoms with van der Waals surface area (Å²) in [5, 5.41) is 6.95. The smallest absolute Gasteiger partial charge is 0.227 e. The Morgan fingerprint density at radius 2 is 2.18 bits per heavy atom. The SMILES string of the molecule is Cc1cccc(CNCCc2ncno2)c1C. The van der Waals surface area contributed by atoms with Gasteiger partial charge in [0.15, 0.2) is 6.33 Å². The van der Waals surface area contributed by atoms with Gasteiger partial charge in [0, 0.05) is 19.5 Å². The fourth-order valence-corrected chi connectivity index (χ4v) is 1.73. The van der Waals surface area contributed by atoms with E-state index in [4.69, 9.17) is 4.52 Å². The van der Waals surface area contributed by atoms with Crippen molar-refractivity contribution < 1.29 is 4.52 Å². The molecule has 0 aliphatic heterocycles. The second kappa shape index (κ2) is 5.59. The summed E-state index contributed by atoms with van der Waals surface area (Å²) >= 11 is 0. The Balaban J connectivity index is 1.80. The van der Waals surface area contributed by atoms with Crippen LogP contribution >= 0.6 is 0 Å². The van der Waals surface area contributed by atoms with E-state index in [0.29, 0.717) is 5.89 Å². The standard InChI is InChI=1S/C13H17N3O/c1-10-4-3-5-12(11(10)2)8-14-7-6-13-15-9-16-17-13/h3-5,9,14H,6-8H2,1-2H3. The van der Waals surface area contributed by atoms with Gasteiger partial charge in [-0.3, -0.25) is 0 Å². The van der Waals surface area contributed by atoms with Crippen molar-refractivity contribution in [2.24, 2.45) is 0 Å². The van der Waals surface area contributed by atoms with Crippen molar-refractivity contribution in [3.63, 3.8) is 0 Å². The Morgan fingerprint density at radius 1 is 1.29 bits per heavy atom. The van der Waals surface area contributed by atoms with Gasteiger partial charge in [0.1, 0.15) is 0 Å². The number of nitrogens with zero attached hydrogens (tertiary/aromatic N) is 2. The molecule has 0 atom stereocenters. The summed E-state index contributed by atoms with van der Waals surface area (Å²) in [5.74, 6) is 0.679. The topological polar surface area (TPSA) is 51.0 Å². The quantitative estimate of drug-likeness (QED) is 0.800. The van der Waals surface area contributed by atoms with Gasteiger partial charge in [-0.25, -0.2) is 0 Å². The van der Waals surface area contributed by atoms with Crippen LogP contribution in [-0.4, -0.2) is 16.7 Å². The number of nitrogens with one attached hydrogen (secondary N) is 1. The largest absolute Gasteiger partial charge is 0.340 e. The predicted molar refractivity (Wildman–Crippen MR) is 65.6 cm³/mol. The number of hydrogen-bond acceptors (Lipinski definition) is 4. The van der Waals surface area contributed by atoms with E-state index in [0.717, 1.165) is 19.5 Å². The predicted octanol–water partition coefficient (Wildman–Crippen LogP) is 2.02. The van der Waals surface area contributed by atoms with Crippen molar-refractivity contribution in [1.29, 1.82) is 0 Å². The first-order chi connectivity index (χ1) is 8.27. The number of rotatable bonds is 5. The van der Waals surface area contributed by atoms with Gasteiger partial charge in [-0.1, -0.05) is 23.4 Å². The highest BCUT2D eigenvalue weighted by molar-refractivity contribution is 5.32. The van der Waals surface area contributed by atoms with E-state index >= 15 is 0 Å². The molecule has 0 saturated carbocycles. The molecule has 17 heavy (non-hydrogen) atoms. The van der Waals surface area contributed by atoms with E-state index in [1.54, 1.807) is 0 Å². The minimum atomic E-state index is 0.679. The third-order valence-electron chi connectivity index (χ3n) is 2.95. The van der Waals surface area contributed by atoms with E-state index in [1.165, 1.54) is 23.0 Å². The van der Waals surface area contributed by atoms with Crippen LogP contribution in [0.4, 0.5) is 0 Å². The lowest BCUT2D eigenvalue weighted by atomic mass is 10.0. The molecule has 0 aliphatic rings. The molecule has 0 spiro atoms. The summed E-state index contributed by atoms with van der Waals surface area (Å²) in [6, 6.07) is 6.39. The maximum Gasteiger partial charge on any atom is 0.227 e. The number of hydrogen-bond donors (Lipinski definition) is 1. The first kappa shape index (κ1) is 11.8. The van der Waals surface area contributed by atoms with Gasteiger partial charge in [-0.15, -0.1) is 0 Å². The zero-order chi connectivity index (χ0) is 12.1. The molecule has 90 valence electrons. The van der Waals surface area contributed by atoms with Gasteiger partial charge < -0.3 is 9.84 Å². The maximum atomic E-state index is 4.93. The van der Waals surface area contributed by atoms with Crippen molar-refractivity contribution in [2.75, 3.05) is 6.54 Å². The summed E-state index contributed by atoms with van der Waals surface area (Å²) in [4.78, 5) is 3.97. The van der Waals surface area contributed by atoms with Crippen LogP contribution in [0.5, 0.6) is 0 Å². The van der Waals surface area contributed by atoms with E-state index in [2.05, 4.69) is 47.5 Å². The van der Waals surface area contributed by atoms with E-state index < -0.39 is 0 Å². The third kappa shape index (κ3) is 3.14.